The van der Waals surface area contributed by atoms with Gasteiger partial charge in [0.1, 0.15) is 5.75 Å². The standard InChI is InChI=1S/C22H20N4O3S/c1-29-16-4-2-15(3-5-16)19-11-20-23-18-6-8-25(12-17(18)22(28)26(20)24-19)21(27)10-14-7-9-30-13-14/h2-5,7,9,11,13,24H,6,8,10,12H2,1H3. The van der Waals surface area contributed by atoms with Crippen LogP contribution in [-0.2, 0) is 24.2 Å². The fourth-order valence-corrected chi connectivity index (χ4v) is 4.46. The van der Waals surface area contributed by atoms with Gasteiger partial charge in [0.25, 0.3) is 5.56 Å². The summed E-state index contributed by atoms with van der Waals surface area (Å²) in [6, 6.07) is 11.4. The number of benzene rings is 1. The minimum atomic E-state index is -0.150. The number of hydrogen-bond acceptors (Lipinski definition) is 5. The molecule has 0 atom stereocenters. The van der Waals surface area contributed by atoms with E-state index in [2.05, 4.69) is 5.10 Å². The van der Waals surface area contributed by atoms with Crippen LogP contribution in [-0.4, -0.2) is 39.1 Å². The number of amides is 1. The van der Waals surface area contributed by atoms with E-state index in [0.29, 0.717) is 37.1 Å². The molecule has 7 nitrogen and oxygen atoms in total. The molecule has 0 saturated heterocycles. The first-order valence-electron chi connectivity index (χ1n) is 9.69. The molecule has 3 aromatic heterocycles. The Morgan fingerprint density at radius 1 is 1.27 bits per heavy atom. The summed E-state index contributed by atoms with van der Waals surface area (Å²) in [6.07, 6.45) is 0.944. The van der Waals surface area contributed by atoms with Crippen LogP contribution in [0, 0.1) is 0 Å². The molecule has 8 heteroatoms. The Morgan fingerprint density at radius 3 is 2.83 bits per heavy atom. The predicted octanol–water partition coefficient (Wildman–Crippen LogP) is 2.89. The molecule has 0 bridgehead atoms. The van der Waals surface area contributed by atoms with E-state index in [1.807, 2.05) is 47.2 Å². The molecule has 0 saturated carbocycles. The number of H-pyrrole nitrogens is 1. The molecular formula is C22H20N4O3S. The highest BCUT2D eigenvalue weighted by atomic mass is 32.1. The van der Waals surface area contributed by atoms with Crippen LogP contribution in [0.15, 0.2) is 52.0 Å². The molecule has 4 aromatic rings. The number of nitrogens with one attached hydrogen (secondary N) is 1. The van der Waals surface area contributed by atoms with Crippen molar-refractivity contribution >= 4 is 22.9 Å². The van der Waals surface area contributed by atoms with Gasteiger partial charge in [-0.1, -0.05) is 0 Å². The van der Waals surface area contributed by atoms with Gasteiger partial charge in [0.2, 0.25) is 5.91 Å². The highest BCUT2D eigenvalue weighted by Crippen LogP contribution is 2.23. The molecule has 1 aliphatic rings. The molecule has 152 valence electrons. The Morgan fingerprint density at radius 2 is 2.10 bits per heavy atom. The van der Waals surface area contributed by atoms with Crippen molar-refractivity contribution in [3.8, 4) is 17.0 Å². The third kappa shape index (κ3) is 3.29. The molecule has 1 N–H and O–H groups in total. The van der Waals surface area contributed by atoms with Crippen molar-refractivity contribution in [3.05, 3.63) is 74.3 Å². The number of aromatic amines is 1. The van der Waals surface area contributed by atoms with Crippen molar-refractivity contribution in [1.82, 2.24) is 19.5 Å². The number of carbonyl (C=O) groups is 1. The summed E-state index contributed by atoms with van der Waals surface area (Å²) in [7, 11) is 1.63. The number of hydrogen-bond donors (Lipinski definition) is 1. The summed E-state index contributed by atoms with van der Waals surface area (Å²) in [5.74, 6) is 0.807. The van der Waals surface area contributed by atoms with Crippen molar-refractivity contribution in [2.75, 3.05) is 13.7 Å². The molecule has 0 fully saturated rings. The Balaban J connectivity index is 1.45. The Hall–Kier alpha value is -3.39. The molecule has 1 aliphatic heterocycles. The monoisotopic (exact) mass is 420 g/mol. The fourth-order valence-electron chi connectivity index (χ4n) is 3.79. The number of thiophene rings is 1. The molecular weight excluding hydrogens is 400 g/mol. The number of rotatable bonds is 4. The summed E-state index contributed by atoms with van der Waals surface area (Å²) in [5, 5.41) is 7.09. The van der Waals surface area contributed by atoms with Crippen molar-refractivity contribution in [1.29, 1.82) is 0 Å². The number of ether oxygens (including phenoxy) is 1. The van der Waals surface area contributed by atoms with Gasteiger partial charge in [0.15, 0.2) is 5.65 Å². The van der Waals surface area contributed by atoms with Gasteiger partial charge in [0, 0.05) is 19.0 Å². The van der Waals surface area contributed by atoms with Gasteiger partial charge in [-0.2, -0.15) is 11.3 Å². The lowest BCUT2D eigenvalue weighted by atomic mass is 10.1. The lowest BCUT2D eigenvalue weighted by Gasteiger charge is -2.27. The SMILES string of the molecule is COc1ccc(-c2cc3nc4c(c(=O)n3[nH]2)CN(C(=O)Cc2ccsc2)CC4)cc1. The van der Waals surface area contributed by atoms with Gasteiger partial charge < -0.3 is 9.64 Å². The average molecular weight is 420 g/mol. The molecule has 0 unspecified atom stereocenters. The van der Waals surface area contributed by atoms with Gasteiger partial charge in [0.05, 0.1) is 37.0 Å². The van der Waals surface area contributed by atoms with Gasteiger partial charge in [-0.3, -0.25) is 14.7 Å². The van der Waals surface area contributed by atoms with Gasteiger partial charge >= 0.3 is 0 Å². The van der Waals surface area contributed by atoms with E-state index >= 15 is 0 Å². The second-order valence-corrected chi connectivity index (χ2v) is 8.09. The number of carbonyl (C=O) groups excluding carboxylic acids is 1. The Kier molecular flexibility index (Phi) is 4.63. The molecule has 4 heterocycles. The summed E-state index contributed by atoms with van der Waals surface area (Å²) >= 11 is 1.58. The quantitative estimate of drug-likeness (QED) is 0.551. The van der Waals surface area contributed by atoms with Crippen LogP contribution in [0.3, 0.4) is 0 Å². The molecule has 1 aromatic carbocycles. The maximum Gasteiger partial charge on any atom is 0.277 e. The van der Waals surface area contributed by atoms with E-state index in [0.717, 1.165) is 28.3 Å². The first-order valence-corrected chi connectivity index (χ1v) is 10.6. The summed E-state index contributed by atoms with van der Waals surface area (Å²) in [4.78, 5) is 32.3. The topological polar surface area (TPSA) is 79.7 Å². The lowest BCUT2D eigenvalue weighted by molar-refractivity contribution is -0.131. The predicted molar refractivity (Wildman–Crippen MR) is 115 cm³/mol. The van der Waals surface area contributed by atoms with E-state index in [1.54, 1.807) is 23.3 Å². The molecule has 5 rings (SSSR count). The second-order valence-electron chi connectivity index (χ2n) is 7.31. The third-order valence-corrected chi connectivity index (χ3v) is 6.18. The van der Waals surface area contributed by atoms with Crippen molar-refractivity contribution in [3.63, 3.8) is 0 Å². The smallest absolute Gasteiger partial charge is 0.277 e. The maximum atomic E-state index is 13.1. The molecule has 1 amide bonds. The van der Waals surface area contributed by atoms with E-state index in [1.165, 1.54) is 4.52 Å². The summed E-state index contributed by atoms with van der Waals surface area (Å²) in [6.45, 7) is 0.873. The molecule has 0 spiro atoms. The van der Waals surface area contributed by atoms with Crippen LogP contribution in [0.1, 0.15) is 16.8 Å². The zero-order chi connectivity index (χ0) is 20.7. The number of methoxy groups -OCH3 is 1. The molecule has 0 radical (unpaired) electrons. The minimum absolute atomic E-state index is 0.0361. The number of fused-ring (bicyclic) bond motifs is 2. The minimum Gasteiger partial charge on any atom is -0.497 e. The maximum absolute atomic E-state index is 13.1. The van der Waals surface area contributed by atoms with Crippen LogP contribution in [0.5, 0.6) is 5.75 Å². The van der Waals surface area contributed by atoms with Crippen LogP contribution in [0.4, 0.5) is 0 Å². The summed E-state index contributed by atoms with van der Waals surface area (Å²) in [5.41, 5.74) is 4.54. The highest BCUT2D eigenvalue weighted by Gasteiger charge is 2.25. The molecule has 0 aliphatic carbocycles. The van der Waals surface area contributed by atoms with Gasteiger partial charge in [-0.15, -0.1) is 0 Å². The largest absolute Gasteiger partial charge is 0.497 e. The lowest BCUT2D eigenvalue weighted by Crippen LogP contribution is -2.40. The highest BCUT2D eigenvalue weighted by molar-refractivity contribution is 7.08. The number of aromatic nitrogens is 3. The Labute approximate surface area is 176 Å². The van der Waals surface area contributed by atoms with Crippen molar-refractivity contribution in [2.24, 2.45) is 0 Å². The van der Waals surface area contributed by atoms with E-state index in [4.69, 9.17) is 9.72 Å². The van der Waals surface area contributed by atoms with E-state index in [-0.39, 0.29) is 11.5 Å². The van der Waals surface area contributed by atoms with Crippen LogP contribution >= 0.6 is 11.3 Å². The normalized spacial score (nSPS) is 13.4. The van der Waals surface area contributed by atoms with E-state index < -0.39 is 0 Å². The van der Waals surface area contributed by atoms with Crippen LogP contribution in [0.2, 0.25) is 0 Å². The average Bonchev–Trinajstić information content (AvgIpc) is 3.44. The second kappa shape index (κ2) is 7.46. The molecule has 30 heavy (non-hydrogen) atoms. The zero-order valence-electron chi connectivity index (χ0n) is 16.4. The van der Waals surface area contributed by atoms with E-state index in [9.17, 15) is 9.59 Å². The fraction of sp³-hybridized carbons (Fsp3) is 0.227. The zero-order valence-corrected chi connectivity index (χ0v) is 17.2. The number of nitrogens with zero attached hydrogens (tertiary/aromatic N) is 3. The Bertz CT molecular complexity index is 1270. The van der Waals surface area contributed by atoms with Gasteiger partial charge in [-0.25, -0.2) is 9.50 Å². The summed E-state index contributed by atoms with van der Waals surface area (Å²) < 4.78 is 6.67. The third-order valence-electron chi connectivity index (χ3n) is 5.45. The van der Waals surface area contributed by atoms with Gasteiger partial charge in [-0.05, 0) is 52.2 Å². The first kappa shape index (κ1) is 18.6. The van der Waals surface area contributed by atoms with Crippen molar-refractivity contribution < 1.29 is 9.53 Å². The van der Waals surface area contributed by atoms with Crippen molar-refractivity contribution in [2.45, 2.75) is 19.4 Å². The van der Waals surface area contributed by atoms with Crippen LogP contribution < -0.4 is 10.3 Å². The van der Waals surface area contributed by atoms with Crippen LogP contribution in [0.25, 0.3) is 16.9 Å². The first-order chi connectivity index (χ1) is 14.6.